The number of guanidine groups is 1. The van der Waals surface area contributed by atoms with Crippen molar-refractivity contribution in [2.75, 3.05) is 13.1 Å². The van der Waals surface area contributed by atoms with Gasteiger partial charge in [-0.1, -0.05) is 26.2 Å². The molecule has 13 heavy (non-hydrogen) atoms. The summed E-state index contributed by atoms with van der Waals surface area (Å²) in [4.78, 5) is 4.33. The standard InChI is InChI=1S/C10H21N3/c1-3-4-5-6-7-11-10-12-8-9(2)13-10/h9H,3-8H2,1-2H3,(H2,11,12,13). The van der Waals surface area contributed by atoms with Crippen LogP contribution in [0.15, 0.2) is 4.99 Å². The predicted molar refractivity (Wildman–Crippen MR) is 57.0 cm³/mol. The molecule has 2 N–H and O–H groups in total. The molecule has 1 aliphatic heterocycles. The highest BCUT2D eigenvalue weighted by Gasteiger charge is 2.10. The van der Waals surface area contributed by atoms with E-state index in [1.807, 2.05) is 0 Å². The van der Waals surface area contributed by atoms with Crippen molar-refractivity contribution in [3.05, 3.63) is 0 Å². The molecule has 0 aromatic heterocycles. The highest BCUT2D eigenvalue weighted by molar-refractivity contribution is 5.81. The van der Waals surface area contributed by atoms with Gasteiger partial charge in [0.2, 0.25) is 0 Å². The Morgan fingerprint density at radius 2 is 2.31 bits per heavy atom. The van der Waals surface area contributed by atoms with Crippen LogP contribution in [0.5, 0.6) is 0 Å². The molecule has 1 heterocycles. The molecule has 0 radical (unpaired) electrons. The van der Waals surface area contributed by atoms with E-state index in [2.05, 4.69) is 29.5 Å². The number of nitrogens with zero attached hydrogens (tertiary/aromatic N) is 1. The van der Waals surface area contributed by atoms with Crippen LogP contribution in [0.25, 0.3) is 0 Å². The van der Waals surface area contributed by atoms with E-state index in [0.717, 1.165) is 19.0 Å². The maximum atomic E-state index is 4.33. The van der Waals surface area contributed by atoms with Gasteiger partial charge in [0.25, 0.3) is 0 Å². The lowest BCUT2D eigenvalue weighted by Crippen LogP contribution is -2.37. The fourth-order valence-corrected chi connectivity index (χ4v) is 1.42. The molecule has 1 aliphatic rings. The first-order chi connectivity index (χ1) is 6.33. The third-order valence-electron chi connectivity index (χ3n) is 2.23. The van der Waals surface area contributed by atoms with Crippen molar-refractivity contribution in [2.45, 2.75) is 45.6 Å². The summed E-state index contributed by atoms with van der Waals surface area (Å²) in [5.74, 6) is 0.990. The smallest absolute Gasteiger partial charge is 0.191 e. The molecule has 0 saturated heterocycles. The number of hydrogen-bond donors (Lipinski definition) is 2. The predicted octanol–water partition coefficient (Wildman–Crippen LogP) is 1.50. The van der Waals surface area contributed by atoms with Crippen LogP contribution in [-0.2, 0) is 0 Å². The zero-order valence-electron chi connectivity index (χ0n) is 8.77. The van der Waals surface area contributed by atoms with Crippen molar-refractivity contribution in [2.24, 2.45) is 4.99 Å². The minimum atomic E-state index is 0.512. The highest BCUT2D eigenvalue weighted by Crippen LogP contribution is 1.97. The van der Waals surface area contributed by atoms with Crippen LogP contribution in [0.2, 0.25) is 0 Å². The first-order valence-electron chi connectivity index (χ1n) is 5.37. The molecule has 0 bridgehead atoms. The zero-order valence-corrected chi connectivity index (χ0v) is 8.77. The van der Waals surface area contributed by atoms with Crippen LogP contribution >= 0.6 is 0 Å². The highest BCUT2D eigenvalue weighted by atomic mass is 15.2. The molecule has 0 fully saturated rings. The molecular formula is C10H21N3. The topological polar surface area (TPSA) is 36.4 Å². The SMILES string of the molecule is CCCCCCNC1=NCC(C)N1. The van der Waals surface area contributed by atoms with E-state index in [4.69, 9.17) is 0 Å². The molecule has 0 amide bonds. The van der Waals surface area contributed by atoms with Crippen LogP contribution in [0, 0.1) is 0 Å². The molecule has 1 rings (SSSR count). The summed E-state index contributed by atoms with van der Waals surface area (Å²) in [5, 5.41) is 6.59. The molecule has 3 nitrogen and oxygen atoms in total. The minimum Gasteiger partial charge on any atom is -0.356 e. The van der Waals surface area contributed by atoms with Crippen LogP contribution in [0.4, 0.5) is 0 Å². The van der Waals surface area contributed by atoms with Crippen molar-refractivity contribution in [3.63, 3.8) is 0 Å². The van der Waals surface area contributed by atoms with Gasteiger partial charge in [0.05, 0.1) is 6.54 Å². The van der Waals surface area contributed by atoms with Crippen molar-refractivity contribution in [1.29, 1.82) is 0 Å². The Hall–Kier alpha value is -0.730. The van der Waals surface area contributed by atoms with Gasteiger partial charge >= 0.3 is 0 Å². The van der Waals surface area contributed by atoms with Crippen molar-refractivity contribution >= 4 is 5.96 Å². The van der Waals surface area contributed by atoms with Gasteiger partial charge in [0.1, 0.15) is 0 Å². The lowest BCUT2D eigenvalue weighted by atomic mass is 10.2. The Morgan fingerprint density at radius 3 is 2.92 bits per heavy atom. The average molecular weight is 183 g/mol. The summed E-state index contributed by atoms with van der Waals surface area (Å²) in [6.45, 7) is 6.35. The molecule has 3 heteroatoms. The van der Waals surface area contributed by atoms with Gasteiger partial charge in [-0.3, -0.25) is 4.99 Å². The maximum absolute atomic E-state index is 4.33. The van der Waals surface area contributed by atoms with Gasteiger partial charge in [0, 0.05) is 12.6 Å². The molecule has 76 valence electrons. The van der Waals surface area contributed by atoms with Crippen molar-refractivity contribution < 1.29 is 0 Å². The fraction of sp³-hybridized carbons (Fsp3) is 0.900. The van der Waals surface area contributed by atoms with Gasteiger partial charge in [-0.15, -0.1) is 0 Å². The van der Waals surface area contributed by atoms with Gasteiger partial charge in [-0.2, -0.15) is 0 Å². The Bertz CT molecular complexity index is 166. The Morgan fingerprint density at radius 1 is 1.46 bits per heavy atom. The van der Waals surface area contributed by atoms with Crippen LogP contribution < -0.4 is 10.6 Å². The lowest BCUT2D eigenvalue weighted by Gasteiger charge is -2.07. The van der Waals surface area contributed by atoms with E-state index in [9.17, 15) is 0 Å². The largest absolute Gasteiger partial charge is 0.356 e. The zero-order chi connectivity index (χ0) is 9.52. The monoisotopic (exact) mass is 183 g/mol. The quantitative estimate of drug-likeness (QED) is 0.634. The Labute approximate surface area is 81.0 Å². The summed E-state index contributed by atoms with van der Waals surface area (Å²) in [5.41, 5.74) is 0. The van der Waals surface area contributed by atoms with Crippen LogP contribution in [0.3, 0.4) is 0 Å². The summed E-state index contributed by atoms with van der Waals surface area (Å²) < 4.78 is 0. The summed E-state index contributed by atoms with van der Waals surface area (Å²) >= 11 is 0. The molecular weight excluding hydrogens is 162 g/mol. The van der Waals surface area contributed by atoms with Crippen molar-refractivity contribution in [1.82, 2.24) is 10.6 Å². The number of nitrogens with one attached hydrogen (secondary N) is 2. The van der Waals surface area contributed by atoms with E-state index in [0.29, 0.717) is 6.04 Å². The maximum Gasteiger partial charge on any atom is 0.191 e. The van der Waals surface area contributed by atoms with Gasteiger partial charge < -0.3 is 10.6 Å². The van der Waals surface area contributed by atoms with E-state index in [1.165, 1.54) is 25.7 Å². The van der Waals surface area contributed by atoms with Crippen molar-refractivity contribution in [3.8, 4) is 0 Å². The third kappa shape index (κ3) is 4.15. The van der Waals surface area contributed by atoms with Gasteiger partial charge in [0.15, 0.2) is 5.96 Å². The van der Waals surface area contributed by atoms with E-state index < -0.39 is 0 Å². The normalized spacial score (nSPS) is 21.1. The molecule has 1 atom stereocenters. The first kappa shape index (κ1) is 10.4. The van der Waals surface area contributed by atoms with E-state index >= 15 is 0 Å². The number of rotatable bonds is 5. The second kappa shape index (κ2) is 5.84. The number of unbranched alkanes of at least 4 members (excludes halogenated alkanes) is 3. The van der Waals surface area contributed by atoms with E-state index in [1.54, 1.807) is 0 Å². The summed E-state index contributed by atoms with van der Waals surface area (Å²) in [6, 6.07) is 0.512. The van der Waals surface area contributed by atoms with E-state index in [-0.39, 0.29) is 0 Å². The minimum absolute atomic E-state index is 0.512. The first-order valence-corrected chi connectivity index (χ1v) is 5.37. The lowest BCUT2D eigenvalue weighted by molar-refractivity contribution is 0.646. The number of hydrogen-bond acceptors (Lipinski definition) is 3. The summed E-state index contributed by atoms with van der Waals surface area (Å²) in [6.07, 6.45) is 5.23. The van der Waals surface area contributed by atoms with Crippen LogP contribution in [0.1, 0.15) is 39.5 Å². The van der Waals surface area contributed by atoms with Crippen LogP contribution in [-0.4, -0.2) is 25.1 Å². The fourth-order valence-electron chi connectivity index (χ4n) is 1.42. The second-order valence-corrected chi connectivity index (χ2v) is 3.72. The molecule has 0 aliphatic carbocycles. The van der Waals surface area contributed by atoms with Gasteiger partial charge in [-0.05, 0) is 13.3 Å². The number of aliphatic imine (C=N–C) groups is 1. The Kier molecular flexibility index (Phi) is 4.65. The average Bonchev–Trinajstić information content (AvgIpc) is 2.51. The van der Waals surface area contributed by atoms with Gasteiger partial charge in [-0.25, -0.2) is 0 Å². The molecule has 0 saturated carbocycles. The third-order valence-corrected chi connectivity index (χ3v) is 2.23. The second-order valence-electron chi connectivity index (χ2n) is 3.72. The molecule has 0 spiro atoms. The molecule has 1 unspecified atom stereocenters. The summed E-state index contributed by atoms with van der Waals surface area (Å²) in [7, 11) is 0. The molecule has 0 aromatic carbocycles. The Balaban J connectivity index is 1.94. The molecule has 0 aromatic rings.